The van der Waals surface area contributed by atoms with E-state index in [0.717, 1.165) is 0 Å². The zero-order valence-corrected chi connectivity index (χ0v) is 43.0. The number of nitrogens with two attached hydrogens (primary N) is 1. The minimum absolute atomic E-state index is 0.00309. The fourth-order valence-corrected chi connectivity index (χ4v) is 7.00. The highest BCUT2D eigenvalue weighted by Crippen LogP contribution is 2.08. The van der Waals surface area contributed by atoms with E-state index >= 15 is 0 Å². The Labute approximate surface area is 443 Å². The van der Waals surface area contributed by atoms with Gasteiger partial charge in [-0.05, 0) is 70.6 Å². The largest absolute Gasteiger partial charge is 0.481 e. The molecule has 0 radical (unpaired) electrons. The van der Waals surface area contributed by atoms with E-state index in [-0.39, 0.29) is 77.9 Å². The molecule has 0 saturated carbocycles. The van der Waals surface area contributed by atoms with Crippen LogP contribution in [0.3, 0.4) is 0 Å². The number of rotatable bonds is 45. The van der Waals surface area contributed by atoms with Gasteiger partial charge < -0.3 is 72.9 Å². The van der Waals surface area contributed by atoms with Crippen LogP contribution in [0.1, 0.15) is 108 Å². The third-order valence-corrected chi connectivity index (χ3v) is 10.9. The summed E-state index contributed by atoms with van der Waals surface area (Å²) in [4.78, 5) is 135. The normalized spacial score (nSPS) is 12.1. The van der Waals surface area contributed by atoms with Gasteiger partial charge in [0.15, 0.2) is 0 Å². The third-order valence-electron chi connectivity index (χ3n) is 10.9. The molecule has 13 N–H and O–H groups in total. The van der Waals surface area contributed by atoms with Gasteiger partial charge in [0.1, 0.15) is 18.1 Å². The number of carboxylic acid groups (broad SMARTS) is 4. The van der Waals surface area contributed by atoms with Crippen molar-refractivity contribution in [2.45, 2.75) is 140 Å². The number of ether oxygens (including phenoxy) is 2. The van der Waals surface area contributed by atoms with Crippen molar-refractivity contribution in [3.8, 4) is 0 Å². The lowest BCUT2D eigenvalue weighted by atomic mass is 10.1. The van der Waals surface area contributed by atoms with E-state index in [1.165, 1.54) is 0 Å². The lowest BCUT2D eigenvalue weighted by Crippen LogP contribution is -2.55. The number of carbonyl (C=O) groups is 11. The molecule has 0 aliphatic heterocycles. The van der Waals surface area contributed by atoms with Gasteiger partial charge in [-0.25, -0.2) is 0 Å². The highest BCUT2D eigenvalue weighted by atomic mass is 16.5. The second kappa shape index (κ2) is 38.8. The van der Waals surface area contributed by atoms with Gasteiger partial charge in [-0.15, -0.1) is 10.2 Å². The molecule has 1 unspecified atom stereocenters. The van der Waals surface area contributed by atoms with Gasteiger partial charge in [-0.3, -0.25) is 62.1 Å². The molecule has 31 nitrogen and oxygen atoms in total. The first-order chi connectivity index (χ1) is 36.8. The van der Waals surface area contributed by atoms with E-state index < -0.39 is 109 Å². The summed E-state index contributed by atoms with van der Waals surface area (Å²) in [5, 5.41) is 69.5. The first-order valence-corrected chi connectivity index (χ1v) is 25.3. The Morgan fingerprint density at radius 1 is 0.481 bits per heavy atom. The van der Waals surface area contributed by atoms with Crippen LogP contribution in [0.15, 0.2) is 12.4 Å². The van der Waals surface area contributed by atoms with Crippen LogP contribution < -0.4 is 43.0 Å². The molecule has 0 saturated heterocycles. The number of aryl methyl sites for hydroxylation is 4. The van der Waals surface area contributed by atoms with Crippen molar-refractivity contribution in [2.24, 2.45) is 5.73 Å². The van der Waals surface area contributed by atoms with Crippen molar-refractivity contribution in [2.75, 3.05) is 59.2 Å². The average Bonchev–Trinajstić information content (AvgIpc) is 4.03. The standard InChI is InChI=1S/C46H74N14O17/c47-16-21-76-23-24-77-22-18-49-44(73)33(54-46(75)35(26-43(71)72)53-39(64)28-50-36(61)12-2-5-19-59-29-31(55-57-59)9-7-14-40(65)66)11-1-4-17-48-38(63)27-51-45(74)34(25-42(69)70)52-37(62)13-3-6-20-60-30-32(56-58-60)10-8-15-41(67)68/h29-30,33-35H,1-28,47H2,(H,48,63)(H,49,73)(H,50,61)(H,51,74)(H,52,62)(H,53,64)(H,54,75)(H,65,66)(H,67,68)(H,69,70)(H,71,72)/t33-,34-,35?/m0/s1. The van der Waals surface area contributed by atoms with E-state index in [9.17, 15) is 63.0 Å². The van der Waals surface area contributed by atoms with E-state index in [1.54, 1.807) is 21.8 Å². The molecule has 2 aromatic rings. The van der Waals surface area contributed by atoms with Gasteiger partial charge in [-0.2, -0.15) is 0 Å². The number of aliphatic carboxylic acids is 4. The Bertz CT molecular complexity index is 2210. The van der Waals surface area contributed by atoms with Crippen molar-refractivity contribution >= 4 is 65.2 Å². The Balaban J connectivity index is 1.86. The van der Waals surface area contributed by atoms with Crippen LogP contribution in [0, 0.1) is 0 Å². The monoisotopic (exact) mass is 1090 g/mol. The first kappa shape index (κ1) is 65.4. The Kier molecular flexibility index (Phi) is 33.0. The molecule has 2 rings (SSSR count). The number of hydrogen-bond donors (Lipinski definition) is 12. The molecule has 0 bridgehead atoms. The van der Waals surface area contributed by atoms with Crippen LogP contribution in [0.25, 0.3) is 0 Å². The molecule has 0 spiro atoms. The fraction of sp³-hybridized carbons (Fsp3) is 0.674. The van der Waals surface area contributed by atoms with Crippen LogP contribution in [0.2, 0.25) is 0 Å². The summed E-state index contributed by atoms with van der Waals surface area (Å²) >= 11 is 0. The number of unbranched alkanes of at least 4 members (excludes halogenated alkanes) is 3. The van der Waals surface area contributed by atoms with E-state index in [2.05, 4.69) is 57.8 Å². The second-order valence-electron chi connectivity index (χ2n) is 17.5. The molecule has 430 valence electrons. The molecule has 3 atom stereocenters. The Morgan fingerprint density at radius 2 is 1.00 bits per heavy atom. The highest BCUT2D eigenvalue weighted by molar-refractivity contribution is 5.95. The van der Waals surface area contributed by atoms with Crippen LogP contribution in [0.4, 0.5) is 0 Å². The van der Waals surface area contributed by atoms with Crippen molar-refractivity contribution in [3.05, 3.63) is 23.8 Å². The number of aromatic nitrogens is 6. The van der Waals surface area contributed by atoms with E-state index in [1.807, 2.05) is 0 Å². The molecule has 7 amide bonds. The number of amides is 7. The number of hydrogen-bond acceptors (Lipinski definition) is 18. The summed E-state index contributed by atoms with van der Waals surface area (Å²) < 4.78 is 13.8. The Morgan fingerprint density at radius 3 is 1.56 bits per heavy atom. The summed E-state index contributed by atoms with van der Waals surface area (Å²) in [5.41, 5.74) is 6.66. The summed E-state index contributed by atoms with van der Waals surface area (Å²) in [6.45, 7) is 0.941. The van der Waals surface area contributed by atoms with Crippen LogP contribution >= 0.6 is 0 Å². The maximum atomic E-state index is 13.5. The predicted molar refractivity (Wildman–Crippen MR) is 266 cm³/mol. The molecule has 0 fully saturated rings. The van der Waals surface area contributed by atoms with Crippen molar-refractivity contribution in [3.63, 3.8) is 0 Å². The zero-order valence-electron chi connectivity index (χ0n) is 43.0. The molecule has 0 aliphatic rings. The molecule has 77 heavy (non-hydrogen) atoms. The van der Waals surface area contributed by atoms with Crippen molar-refractivity contribution in [1.29, 1.82) is 0 Å². The van der Waals surface area contributed by atoms with Crippen LogP contribution in [0.5, 0.6) is 0 Å². The van der Waals surface area contributed by atoms with E-state index in [0.29, 0.717) is 89.0 Å². The van der Waals surface area contributed by atoms with Gasteiger partial charge >= 0.3 is 23.9 Å². The fourth-order valence-electron chi connectivity index (χ4n) is 7.00. The average molecular weight is 1100 g/mol. The SMILES string of the molecule is NCCOCCOCCNC(=O)[C@H](CCCCNC(=O)CNC(=O)[C@H](CC(=O)O)NC(=O)CCCCn1cc(CCCC(=O)O)nn1)NC(=O)C(CC(=O)O)NC(=O)CNC(=O)CCCCn1cc(CCCC(=O)O)nn1. The zero-order chi connectivity index (χ0) is 56.8. The lowest BCUT2D eigenvalue weighted by Gasteiger charge is -2.23. The molecule has 2 aromatic heterocycles. The smallest absolute Gasteiger partial charge is 0.305 e. The maximum Gasteiger partial charge on any atom is 0.305 e. The number of carbonyl (C=O) groups excluding carboxylic acids is 7. The third kappa shape index (κ3) is 32.4. The van der Waals surface area contributed by atoms with Crippen LogP contribution in [-0.4, -0.2) is 193 Å². The van der Waals surface area contributed by atoms with Crippen molar-refractivity contribution in [1.82, 2.24) is 67.2 Å². The molecular formula is C46H74N14O17. The number of nitrogens with zero attached hydrogens (tertiary/aromatic N) is 6. The molecule has 31 heteroatoms. The minimum atomic E-state index is -1.66. The number of carboxylic acids is 4. The van der Waals surface area contributed by atoms with Gasteiger partial charge in [-0.1, -0.05) is 10.4 Å². The maximum absolute atomic E-state index is 13.5. The summed E-state index contributed by atoms with van der Waals surface area (Å²) in [7, 11) is 0. The van der Waals surface area contributed by atoms with Gasteiger partial charge in [0.05, 0.1) is 63.7 Å². The molecular weight excluding hydrogens is 1020 g/mol. The minimum Gasteiger partial charge on any atom is -0.481 e. The van der Waals surface area contributed by atoms with Gasteiger partial charge in [0, 0.05) is 70.8 Å². The summed E-state index contributed by atoms with van der Waals surface area (Å²) in [5.74, 6) is -9.86. The second-order valence-corrected chi connectivity index (χ2v) is 17.5. The topological polar surface area (TPSA) is 459 Å². The Hall–Kier alpha value is -7.67. The quantitative estimate of drug-likeness (QED) is 0.0290. The first-order valence-electron chi connectivity index (χ1n) is 25.3. The molecule has 0 aromatic carbocycles. The predicted octanol–water partition coefficient (Wildman–Crippen LogP) is -3.24. The molecule has 0 aliphatic carbocycles. The van der Waals surface area contributed by atoms with Gasteiger partial charge in [0.2, 0.25) is 41.4 Å². The summed E-state index contributed by atoms with van der Waals surface area (Å²) in [6, 6.07) is -4.40. The van der Waals surface area contributed by atoms with Crippen LogP contribution in [-0.2, 0) is 88.1 Å². The molecule has 2 heterocycles. The highest BCUT2D eigenvalue weighted by Gasteiger charge is 2.29. The number of nitrogens with one attached hydrogen (secondary N) is 7. The summed E-state index contributed by atoms with van der Waals surface area (Å²) in [6.07, 6.45) is 5.67. The van der Waals surface area contributed by atoms with Gasteiger partial charge in [0.25, 0.3) is 0 Å². The van der Waals surface area contributed by atoms with E-state index in [4.69, 9.17) is 25.4 Å². The van der Waals surface area contributed by atoms with Crippen molar-refractivity contribution < 1.29 is 82.6 Å². The lowest BCUT2D eigenvalue weighted by molar-refractivity contribution is -0.141.